The van der Waals surface area contributed by atoms with Crippen molar-refractivity contribution in [2.24, 2.45) is 0 Å². The first kappa shape index (κ1) is 14.5. The summed E-state index contributed by atoms with van der Waals surface area (Å²) in [5.74, 6) is 0.787. The van der Waals surface area contributed by atoms with Gasteiger partial charge in [0.1, 0.15) is 11.8 Å². The molecule has 1 aromatic heterocycles. The molecule has 0 atom stereocenters. The number of benzene rings is 2. The van der Waals surface area contributed by atoms with Crippen LogP contribution in [0.25, 0.3) is 22.4 Å². The van der Waals surface area contributed by atoms with Crippen LogP contribution in [0.2, 0.25) is 0 Å². The van der Waals surface area contributed by atoms with Crippen LogP contribution in [0.5, 0.6) is 5.75 Å². The Labute approximate surface area is 141 Å². The number of hydrogen-bond donors (Lipinski definition) is 0. The number of nitrogens with zero attached hydrogens (tertiary/aromatic N) is 2. The van der Waals surface area contributed by atoms with Crippen LogP contribution >= 0.6 is 0 Å². The first-order valence-electron chi connectivity index (χ1n) is 7.89. The second-order valence-corrected chi connectivity index (χ2v) is 5.95. The SMILES string of the molecule is COc1cccc(-c2c(C#N)c(C)nc3c2Cc2ccccc2-3)c1. The second-order valence-electron chi connectivity index (χ2n) is 5.95. The number of aromatic nitrogens is 1. The molecule has 0 fully saturated rings. The lowest BCUT2D eigenvalue weighted by Gasteiger charge is -2.14. The first-order chi connectivity index (χ1) is 11.7. The Kier molecular flexibility index (Phi) is 3.32. The van der Waals surface area contributed by atoms with Gasteiger partial charge in [0.2, 0.25) is 0 Å². The van der Waals surface area contributed by atoms with E-state index in [1.54, 1.807) is 7.11 Å². The summed E-state index contributed by atoms with van der Waals surface area (Å²) < 4.78 is 5.36. The molecular formula is C21H16N2O. The van der Waals surface area contributed by atoms with E-state index in [0.29, 0.717) is 5.56 Å². The average molecular weight is 312 g/mol. The Bertz CT molecular complexity index is 999. The Morgan fingerprint density at radius 2 is 1.96 bits per heavy atom. The van der Waals surface area contributed by atoms with E-state index in [4.69, 9.17) is 9.72 Å². The summed E-state index contributed by atoms with van der Waals surface area (Å²) >= 11 is 0. The molecular weight excluding hydrogens is 296 g/mol. The molecule has 3 nitrogen and oxygen atoms in total. The molecule has 1 aliphatic rings. The Balaban J connectivity index is 2.04. The summed E-state index contributed by atoms with van der Waals surface area (Å²) in [6.45, 7) is 1.91. The first-order valence-corrected chi connectivity index (χ1v) is 7.89. The van der Waals surface area contributed by atoms with E-state index in [-0.39, 0.29) is 0 Å². The molecule has 0 aliphatic heterocycles. The molecule has 0 saturated heterocycles. The maximum atomic E-state index is 9.71. The van der Waals surface area contributed by atoms with Crippen molar-refractivity contribution >= 4 is 0 Å². The van der Waals surface area contributed by atoms with Gasteiger partial charge >= 0.3 is 0 Å². The van der Waals surface area contributed by atoms with Gasteiger partial charge in [-0.15, -0.1) is 0 Å². The van der Waals surface area contributed by atoms with Crippen LogP contribution in [-0.2, 0) is 6.42 Å². The lowest BCUT2D eigenvalue weighted by Crippen LogP contribution is -2.00. The van der Waals surface area contributed by atoms with E-state index in [1.165, 1.54) is 11.1 Å². The highest BCUT2D eigenvalue weighted by molar-refractivity contribution is 5.86. The summed E-state index contributed by atoms with van der Waals surface area (Å²) in [4.78, 5) is 4.74. The molecule has 24 heavy (non-hydrogen) atoms. The fourth-order valence-electron chi connectivity index (χ4n) is 3.47. The molecule has 1 heterocycles. The van der Waals surface area contributed by atoms with E-state index in [1.807, 2.05) is 43.3 Å². The number of methoxy groups -OCH3 is 1. The fourth-order valence-corrected chi connectivity index (χ4v) is 3.47. The number of aryl methyl sites for hydroxylation is 1. The van der Waals surface area contributed by atoms with E-state index in [9.17, 15) is 5.26 Å². The van der Waals surface area contributed by atoms with Crippen molar-refractivity contribution in [3.8, 4) is 34.2 Å². The molecule has 2 aromatic carbocycles. The third-order valence-corrected chi connectivity index (χ3v) is 4.59. The quantitative estimate of drug-likeness (QED) is 0.547. The topological polar surface area (TPSA) is 45.9 Å². The van der Waals surface area contributed by atoms with Crippen LogP contribution < -0.4 is 4.74 Å². The van der Waals surface area contributed by atoms with Crippen molar-refractivity contribution in [3.05, 3.63) is 70.9 Å². The third kappa shape index (κ3) is 2.08. The van der Waals surface area contributed by atoms with Gasteiger partial charge in [0, 0.05) is 17.5 Å². The number of pyridine rings is 1. The van der Waals surface area contributed by atoms with Crippen molar-refractivity contribution in [2.75, 3.05) is 7.11 Å². The van der Waals surface area contributed by atoms with Crippen molar-refractivity contribution in [2.45, 2.75) is 13.3 Å². The minimum absolute atomic E-state index is 0.648. The van der Waals surface area contributed by atoms with Crippen LogP contribution in [-0.4, -0.2) is 12.1 Å². The largest absolute Gasteiger partial charge is 0.497 e. The molecule has 0 amide bonds. The van der Waals surface area contributed by atoms with Crippen molar-refractivity contribution in [1.29, 1.82) is 5.26 Å². The van der Waals surface area contributed by atoms with Gasteiger partial charge < -0.3 is 4.74 Å². The average Bonchev–Trinajstić information content (AvgIpc) is 2.98. The highest BCUT2D eigenvalue weighted by atomic mass is 16.5. The number of hydrogen-bond acceptors (Lipinski definition) is 3. The third-order valence-electron chi connectivity index (χ3n) is 4.59. The van der Waals surface area contributed by atoms with Gasteiger partial charge in [-0.1, -0.05) is 36.4 Å². The maximum Gasteiger partial charge on any atom is 0.119 e. The smallest absolute Gasteiger partial charge is 0.119 e. The van der Waals surface area contributed by atoms with Crippen LogP contribution in [0.4, 0.5) is 0 Å². The molecule has 0 N–H and O–H groups in total. The number of rotatable bonds is 2. The zero-order chi connectivity index (χ0) is 16.7. The summed E-state index contributed by atoms with van der Waals surface area (Å²) in [5, 5.41) is 9.71. The molecule has 0 bridgehead atoms. The predicted octanol–water partition coefficient (Wildman–Crippen LogP) is 4.51. The van der Waals surface area contributed by atoms with Crippen LogP contribution in [0.1, 0.15) is 22.4 Å². The van der Waals surface area contributed by atoms with Gasteiger partial charge in [0.25, 0.3) is 0 Å². The fraction of sp³-hybridized carbons (Fsp3) is 0.143. The second kappa shape index (κ2) is 5.50. The van der Waals surface area contributed by atoms with Crippen molar-refractivity contribution in [3.63, 3.8) is 0 Å². The molecule has 0 spiro atoms. The Morgan fingerprint density at radius 1 is 1.12 bits per heavy atom. The van der Waals surface area contributed by atoms with Crippen LogP contribution in [0.15, 0.2) is 48.5 Å². The van der Waals surface area contributed by atoms with Gasteiger partial charge in [-0.25, -0.2) is 0 Å². The van der Waals surface area contributed by atoms with E-state index in [2.05, 4.69) is 18.2 Å². The number of ether oxygens (including phenoxy) is 1. The van der Waals surface area contributed by atoms with Gasteiger partial charge in [0.05, 0.1) is 24.1 Å². The van der Waals surface area contributed by atoms with Gasteiger partial charge in [-0.2, -0.15) is 5.26 Å². The summed E-state index contributed by atoms with van der Waals surface area (Å²) in [5.41, 5.74) is 7.96. The zero-order valence-corrected chi connectivity index (χ0v) is 13.6. The van der Waals surface area contributed by atoms with Crippen molar-refractivity contribution < 1.29 is 4.74 Å². The molecule has 0 unspecified atom stereocenters. The van der Waals surface area contributed by atoms with E-state index in [0.717, 1.165) is 40.2 Å². The molecule has 4 rings (SSSR count). The highest BCUT2D eigenvalue weighted by Gasteiger charge is 2.26. The molecule has 1 aliphatic carbocycles. The number of fused-ring (bicyclic) bond motifs is 3. The summed E-state index contributed by atoms with van der Waals surface area (Å²) in [7, 11) is 1.66. The van der Waals surface area contributed by atoms with Crippen LogP contribution in [0.3, 0.4) is 0 Å². The van der Waals surface area contributed by atoms with E-state index >= 15 is 0 Å². The summed E-state index contributed by atoms with van der Waals surface area (Å²) in [6, 6.07) is 18.6. The predicted molar refractivity (Wildman–Crippen MR) is 93.9 cm³/mol. The zero-order valence-electron chi connectivity index (χ0n) is 13.6. The molecule has 116 valence electrons. The van der Waals surface area contributed by atoms with Gasteiger partial charge in [-0.05, 0) is 35.7 Å². The van der Waals surface area contributed by atoms with Gasteiger partial charge in [-0.3, -0.25) is 4.98 Å². The normalized spacial score (nSPS) is 11.5. The van der Waals surface area contributed by atoms with Crippen molar-refractivity contribution in [1.82, 2.24) is 4.98 Å². The Morgan fingerprint density at radius 3 is 2.75 bits per heavy atom. The lowest BCUT2D eigenvalue weighted by atomic mass is 9.93. The molecule has 0 radical (unpaired) electrons. The lowest BCUT2D eigenvalue weighted by molar-refractivity contribution is 0.415. The molecule has 3 aromatic rings. The highest BCUT2D eigenvalue weighted by Crippen LogP contribution is 2.43. The minimum Gasteiger partial charge on any atom is -0.497 e. The monoisotopic (exact) mass is 312 g/mol. The molecule has 3 heteroatoms. The van der Waals surface area contributed by atoms with Gasteiger partial charge in [0.15, 0.2) is 0 Å². The summed E-state index contributed by atoms with van der Waals surface area (Å²) in [6.07, 6.45) is 0.806. The van der Waals surface area contributed by atoms with E-state index < -0.39 is 0 Å². The van der Waals surface area contributed by atoms with Crippen LogP contribution in [0, 0.1) is 18.3 Å². The standard InChI is InChI=1S/C21H16N2O/c1-13-19(12-22)20(15-7-5-8-16(10-15)24-2)18-11-14-6-3-4-9-17(14)21(18)23-13/h3-10H,11H2,1-2H3. The number of nitriles is 1. The molecule has 0 saturated carbocycles. The Hall–Kier alpha value is -3.12. The maximum absolute atomic E-state index is 9.71. The minimum atomic E-state index is 0.648.